The average molecular weight is 306 g/mol. The van der Waals surface area contributed by atoms with Gasteiger partial charge in [-0.05, 0) is 53.9 Å². The van der Waals surface area contributed by atoms with Gasteiger partial charge in [0.15, 0.2) is 5.78 Å². The third-order valence-electron chi connectivity index (χ3n) is 3.50. The van der Waals surface area contributed by atoms with Crippen LogP contribution in [0.1, 0.15) is 21.5 Å². The highest BCUT2D eigenvalue weighted by Crippen LogP contribution is 2.25. The number of hydrogen-bond donors (Lipinski definition) is 1. The normalized spacial score (nSPS) is 12.9. The van der Waals surface area contributed by atoms with Gasteiger partial charge in [0.25, 0.3) is 0 Å². The first-order valence-corrected chi connectivity index (χ1v) is 7.23. The molecule has 3 rings (SSSR count). The van der Waals surface area contributed by atoms with Crippen LogP contribution in [0.15, 0.2) is 36.4 Å². The van der Waals surface area contributed by atoms with E-state index in [-0.39, 0.29) is 12.2 Å². The molecule has 2 nitrogen and oxygen atoms in total. The van der Waals surface area contributed by atoms with Crippen molar-refractivity contribution in [2.24, 2.45) is 0 Å². The van der Waals surface area contributed by atoms with E-state index in [2.05, 4.69) is 5.32 Å². The first-order chi connectivity index (χ1) is 9.63. The van der Waals surface area contributed by atoms with Gasteiger partial charge in [-0.1, -0.05) is 23.2 Å². The predicted octanol–water partition coefficient (Wildman–Crippen LogP) is 4.39. The van der Waals surface area contributed by atoms with Crippen LogP contribution in [0.25, 0.3) is 0 Å². The van der Waals surface area contributed by atoms with Gasteiger partial charge in [0.05, 0.1) is 0 Å². The van der Waals surface area contributed by atoms with Crippen LogP contribution in [0.2, 0.25) is 10.0 Å². The van der Waals surface area contributed by atoms with E-state index in [0.717, 1.165) is 29.8 Å². The lowest BCUT2D eigenvalue weighted by molar-refractivity contribution is 0.0993. The number of benzene rings is 2. The van der Waals surface area contributed by atoms with Crippen molar-refractivity contribution >= 4 is 34.7 Å². The molecule has 0 atom stereocenters. The van der Waals surface area contributed by atoms with Crippen LogP contribution in [0.3, 0.4) is 0 Å². The van der Waals surface area contributed by atoms with Crippen molar-refractivity contribution in [2.45, 2.75) is 12.8 Å². The lowest BCUT2D eigenvalue weighted by Crippen LogP contribution is -2.04. The summed E-state index contributed by atoms with van der Waals surface area (Å²) in [5.74, 6) is 0.0591. The summed E-state index contributed by atoms with van der Waals surface area (Å²) in [6.07, 6.45) is 1.24. The van der Waals surface area contributed by atoms with Crippen LogP contribution < -0.4 is 5.32 Å². The smallest absolute Gasteiger partial charge is 0.167 e. The molecule has 0 saturated heterocycles. The predicted molar refractivity (Wildman–Crippen MR) is 83.1 cm³/mol. The van der Waals surface area contributed by atoms with E-state index in [4.69, 9.17) is 23.2 Å². The second-order valence-electron chi connectivity index (χ2n) is 4.88. The molecule has 4 heteroatoms. The molecule has 0 bridgehead atoms. The minimum atomic E-state index is 0.0591. The number of ketones is 1. The molecule has 1 N–H and O–H groups in total. The molecule has 0 saturated carbocycles. The lowest BCUT2D eigenvalue weighted by Gasteiger charge is -2.06. The van der Waals surface area contributed by atoms with E-state index in [1.807, 2.05) is 18.2 Å². The first-order valence-electron chi connectivity index (χ1n) is 6.47. The van der Waals surface area contributed by atoms with E-state index >= 15 is 0 Å². The van der Waals surface area contributed by atoms with Crippen LogP contribution in [0.5, 0.6) is 0 Å². The Morgan fingerprint density at radius 3 is 2.85 bits per heavy atom. The second kappa shape index (κ2) is 5.47. The van der Waals surface area contributed by atoms with Crippen molar-refractivity contribution in [1.82, 2.24) is 0 Å². The Kier molecular flexibility index (Phi) is 3.68. The Labute approximate surface area is 127 Å². The molecule has 1 aliphatic heterocycles. The van der Waals surface area contributed by atoms with Crippen LogP contribution in [0, 0.1) is 0 Å². The molecule has 1 heterocycles. The van der Waals surface area contributed by atoms with Gasteiger partial charge in [-0.15, -0.1) is 0 Å². The molecule has 0 fully saturated rings. The van der Waals surface area contributed by atoms with Crippen molar-refractivity contribution in [3.63, 3.8) is 0 Å². The largest absolute Gasteiger partial charge is 0.384 e. The van der Waals surface area contributed by atoms with E-state index < -0.39 is 0 Å². The van der Waals surface area contributed by atoms with Gasteiger partial charge < -0.3 is 5.32 Å². The second-order valence-corrected chi connectivity index (χ2v) is 5.73. The fourth-order valence-electron chi connectivity index (χ4n) is 2.43. The summed E-state index contributed by atoms with van der Waals surface area (Å²) < 4.78 is 0. The summed E-state index contributed by atoms with van der Waals surface area (Å²) in [6, 6.07) is 11.0. The van der Waals surface area contributed by atoms with Gasteiger partial charge in [0, 0.05) is 34.3 Å². The highest BCUT2D eigenvalue weighted by atomic mass is 35.5. The number of halogens is 2. The average Bonchev–Trinajstić information content (AvgIpc) is 2.90. The molecule has 20 heavy (non-hydrogen) atoms. The molecule has 0 aromatic heterocycles. The number of fused-ring (bicyclic) bond motifs is 1. The molecular weight excluding hydrogens is 293 g/mol. The number of nitrogens with one attached hydrogen (secondary N) is 1. The molecule has 2 aromatic rings. The van der Waals surface area contributed by atoms with Crippen LogP contribution in [-0.4, -0.2) is 12.3 Å². The van der Waals surface area contributed by atoms with Crippen molar-refractivity contribution < 1.29 is 4.79 Å². The molecule has 1 aliphatic rings. The van der Waals surface area contributed by atoms with Crippen LogP contribution in [-0.2, 0) is 12.8 Å². The van der Waals surface area contributed by atoms with Gasteiger partial charge in [0.1, 0.15) is 0 Å². The quantitative estimate of drug-likeness (QED) is 0.852. The van der Waals surface area contributed by atoms with Crippen LogP contribution in [0.4, 0.5) is 5.69 Å². The first kappa shape index (κ1) is 13.5. The number of carbonyl (C=O) groups excluding carboxylic acids is 1. The van der Waals surface area contributed by atoms with Gasteiger partial charge in [0.2, 0.25) is 0 Å². The number of rotatable bonds is 3. The third kappa shape index (κ3) is 2.67. The minimum absolute atomic E-state index is 0.0591. The monoisotopic (exact) mass is 305 g/mol. The number of anilines is 1. The Hall–Kier alpha value is -1.51. The highest BCUT2D eigenvalue weighted by molar-refractivity contribution is 6.33. The summed E-state index contributed by atoms with van der Waals surface area (Å²) in [6.45, 7) is 0.938. The zero-order valence-corrected chi connectivity index (χ0v) is 12.3. The molecule has 0 unspecified atom stereocenters. The van der Waals surface area contributed by atoms with Gasteiger partial charge in [-0.25, -0.2) is 0 Å². The molecule has 0 spiro atoms. The van der Waals surface area contributed by atoms with E-state index in [1.165, 1.54) is 5.56 Å². The van der Waals surface area contributed by atoms with E-state index in [9.17, 15) is 4.79 Å². The molecular formula is C16H13Cl2NO. The van der Waals surface area contributed by atoms with Gasteiger partial charge >= 0.3 is 0 Å². The molecule has 0 radical (unpaired) electrons. The van der Waals surface area contributed by atoms with E-state index in [1.54, 1.807) is 18.2 Å². The number of carbonyl (C=O) groups is 1. The zero-order chi connectivity index (χ0) is 14.1. The Balaban J connectivity index is 1.84. The van der Waals surface area contributed by atoms with Gasteiger partial charge in [-0.2, -0.15) is 0 Å². The summed E-state index contributed by atoms with van der Waals surface area (Å²) in [5.41, 5.74) is 3.82. The number of Topliss-reactive ketones (excluding diaryl/α,β-unsaturated/α-hetero) is 1. The van der Waals surface area contributed by atoms with Crippen LogP contribution >= 0.6 is 23.2 Å². The third-order valence-corrected chi connectivity index (χ3v) is 4.10. The summed E-state index contributed by atoms with van der Waals surface area (Å²) >= 11 is 12.0. The van der Waals surface area contributed by atoms with Crippen molar-refractivity contribution in [3.05, 3.63) is 63.1 Å². The Morgan fingerprint density at radius 1 is 1.15 bits per heavy atom. The van der Waals surface area contributed by atoms with Crippen molar-refractivity contribution in [2.75, 3.05) is 11.9 Å². The minimum Gasteiger partial charge on any atom is -0.384 e. The Bertz CT molecular complexity index is 682. The topological polar surface area (TPSA) is 29.1 Å². The Morgan fingerprint density at radius 2 is 2.00 bits per heavy atom. The zero-order valence-electron chi connectivity index (χ0n) is 10.7. The fourth-order valence-corrected chi connectivity index (χ4v) is 2.81. The maximum Gasteiger partial charge on any atom is 0.167 e. The number of hydrogen-bond acceptors (Lipinski definition) is 2. The molecule has 0 aliphatic carbocycles. The lowest BCUT2D eigenvalue weighted by atomic mass is 10.0. The molecule has 2 aromatic carbocycles. The van der Waals surface area contributed by atoms with Crippen molar-refractivity contribution in [1.29, 1.82) is 0 Å². The highest BCUT2D eigenvalue weighted by Gasteiger charge is 2.15. The SMILES string of the molecule is O=C(Cc1cc(Cl)ccc1Cl)c1ccc2c(c1)CCN2. The molecule has 102 valence electrons. The fraction of sp³-hybridized carbons (Fsp3) is 0.188. The standard InChI is InChI=1S/C16H13Cl2NO/c17-13-2-3-14(18)12(8-13)9-16(20)11-1-4-15-10(7-11)5-6-19-15/h1-4,7-8,19H,5-6,9H2. The molecule has 0 amide bonds. The van der Waals surface area contributed by atoms with Gasteiger partial charge in [-0.3, -0.25) is 4.79 Å². The summed E-state index contributed by atoms with van der Waals surface area (Å²) in [4.78, 5) is 12.4. The van der Waals surface area contributed by atoms with Crippen molar-refractivity contribution in [3.8, 4) is 0 Å². The van der Waals surface area contributed by atoms with E-state index in [0.29, 0.717) is 10.0 Å². The maximum atomic E-state index is 12.4. The summed E-state index contributed by atoms with van der Waals surface area (Å²) in [5, 5.41) is 4.45. The summed E-state index contributed by atoms with van der Waals surface area (Å²) in [7, 11) is 0. The maximum absolute atomic E-state index is 12.4.